The van der Waals surface area contributed by atoms with Gasteiger partial charge in [0.1, 0.15) is 0 Å². The summed E-state index contributed by atoms with van der Waals surface area (Å²) in [6.07, 6.45) is 7.29. The average Bonchev–Trinajstić information content (AvgIpc) is 2.85. The summed E-state index contributed by atoms with van der Waals surface area (Å²) in [5.74, 6) is 0. The minimum atomic E-state index is -0.176. The molecule has 1 fully saturated rings. The van der Waals surface area contributed by atoms with Gasteiger partial charge in [0.25, 0.3) is 0 Å². The predicted octanol–water partition coefficient (Wildman–Crippen LogP) is 4.41. The van der Waals surface area contributed by atoms with Gasteiger partial charge in [0.15, 0.2) is 0 Å². The third-order valence-corrected chi connectivity index (χ3v) is 5.16. The van der Waals surface area contributed by atoms with Gasteiger partial charge in [-0.1, -0.05) is 18.2 Å². The molecular weight excluding hydrogens is 244 g/mol. The van der Waals surface area contributed by atoms with Crippen LogP contribution in [0.15, 0.2) is 18.2 Å². The molecule has 1 heterocycles. The van der Waals surface area contributed by atoms with Crippen LogP contribution in [0.4, 0.5) is 0 Å². The third kappa shape index (κ3) is 2.19. The molecule has 0 saturated carbocycles. The van der Waals surface area contributed by atoms with Crippen LogP contribution in [0.25, 0.3) is 0 Å². The smallest absolute Gasteiger partial charge is 0.0872 e. The number of hydrogen-bond donors (Lipinski definition) is 0. The first-order valence-electron chi connectivity index (χ1n) is 7.09. The zero-order chi connectivity index (χ0) is 12.6. The van der Waals surface area contributed by atoms with Gasteiger partial charge in [-0.2, -0.15) is 0 Å². The van der Waals surface area contributed by atoms with E-state index in [9.17, 15) is 0 Å². The molecular formula is C16H21ClO. The summed E-state index contributed by atoms with van der Waals surface area (Å²) in [5, 5.41) is -0.0211. The molecule has 1 aliphatic carbocycles. The van der Waals surface area contributed by atoms with Crippen LogP contribution < -0.4 is 0 Å². The van der Waals surface area contributed by atoms with Crippen LogP contribution in [-0.2, 0) is 17.6 Å². The van der Waals surface area contributed by atoms with Crippen LogP contribution in [0.2, 0.25) is 0 Å². The molecule has 1 saturated heterocycles. The second kappa shape index (κ2) is 4.86. The highest BCUT2D eigenvalue weighted by molar-refractivity contribution is 6.21. The maximum atomic E-state index is 6.67. The zero-order valence-corrected chi connectivity index (χ0v) is 11.8. The van der Waals surface area contributed by atoms with Crippen LogP contribution >= 0.6 is 11.6 Å². The number of fused-ring (bicyclic) bond motifs is 1. The van der Waals surface area contributed by atoms with Crippen LogP contribution in [0.3, 0.4) is 0 Å². The Balaban J connectivity index is 1.87. The molecule has 1 aromatic carbocycles. The van der Waals surface area contributed by atoms with Gasteiger partial charge in [0.2, 0.25) is 0 Å². The quantitative estimate of drug-likeness (QED) is 0.719. The van der Waals surface area contributed by atoms with E-state index in [2.05, 4.69) is 25.1 Å². The molecule has 98 valence electrons. The summed E-state index contributed by atoms with van der Waals surface area (Å²) >= 11 is 6.67. The molecule has 2 atom stereocenters. The van der Waals surface area contributed by atoms with E-state index >= 15 is 0 Å². The lowest BCUT2D eigenvalue weighted by atomic mass is 9.87. The predicted molar refractivity (Wildman–Crippen MR) is 75.3 cm³/mol. The Labute approximate surface area is 114 Å². The number of rotatable bonds is 2. The summed E-state index contributed by atoms with van der Waals surface area (Å²) in [6.45, 7) is 3.00. The molecule has 0 bridgehead atoms. The Kier molecular flexibility index (Phi) is 3.38. The number of aryl methyl sites for hydroxylation is 2. The fourth-order valence-corrected chi connectivity index (χ4v) is 3.57. The van der Waals surface area contributed by atoms with Crippen molar-refractivity contribution in [3.05, 3.63) is 34.9 Å². The van der Waals surface area contributed by atoms with Crippen molar-refractivity contribution >= 4 is 11.6 Å². The van der Waals surface area contributed by atoms with Crippen molar-refractivity contribution in [3.63, 3.8) is 0 Å². The molecule has 1 aromatic rings. The van der Waals surface area contributed by atoms with Crippen LogP contribution in [0.5, 0.6) is 0 Å². The lowest BCUT2D eigenvalue weighted by Crippen LogP contribution is -2.29. The van der Waals surface area contributed by atoms with E-state index in [1.165, 1.54) is 42.4 Å². The molecule has 3 rings (SSSR count). The van der Waals surface area contributed by atoms with Gasteiger partial charge < -0.3 is 4.74 Å². The molecule has 0 aromatic heterocycles. The van der Waals surface area contributed by atoms with Crippen LogP contribution in [-0.4, -0.2) is 12.2 Å². The molecule has 0 N–H and O–H groups in total. The van der Waals surface area contributed by atoms with E-state index in [4.69, 9.17) is 16.3 Å². The van der Waals surface area contributed by atoms with Gasteiger partial charge in [-0.05, 0) is 62.1 Å². The summed E-state index contributed by atoms with van der Waals surface area (Å²) in [4.78, 5) is 0. The lowest BCUT2D eigenvalue weighted by Gasteiger charge is -2.30. The van der Waals surface area contributed by atoms with Crippen molar-refractivity contribution in [2.24, 2.45) is 0 Å². The minimum absolute atomic E-state index is 0.0211. The Hall–Kier alpha value is -0.530. The molecule has 0 radical (unpaired) electrons. The second-order valence-electron chi connectivity index (χ2n) is 5.86. The molecule has 0 spiro atoms. The van der Waals surface area contributed by atoms with Crippen molar-refractivity contribution in [2.45, 2.75) is 56.4 Å². The van der Waals surface area contributed by atoms with E-state index in [-0.39, 0.29) is 11.0 Å². The number of ether oxygens (including phenoxy) is 1. The molecule has 2 aliphatic rings. The monoisotopic (exact) mass is 264 g/mol. The molecule has 2 unspecified atom stereocenters. The van der Waals surface area contributed by atoms with E-state index in [1.54, 1.807) is 0 Å². The highest BCUT2D eigenvalue weighted by Gasteiger charge is 2.38. The molecule has 1 nitrogen and oxygen atoms in total. The first-order chi connectivity index (χ1) is 8.69. The maximum Gasteiger partial charge on any atom is 0.0872 e. The van der Waals surface area contributed by atoms with Crippen molar-refractivity contribution in [1.29, 1.82) is 0 Å². The maximum absolute atomic E-state index is 6.67. The van der Waals surface area contributed by atoms with Crippen LogP contribution in [0.1, 0.15) is 54.7 Å². The number of hydrogen-bond acceptors (Lipinski definition) is 1. The Morgan fingerprint density at radius 2 is 1.94 bits per heavy atom. The minimum Gasteiger partial charge on any atom is -0.373 e. The number of halogens is 1. The van der Waals surface area contributed by atoms with E-state index < -0.39 is 0 Å². The van der Waals surface area contributed by atoms with E-state index in [0.29, 0.717) is 0 Å². The van der Waals surface area contributed by atoms with Gasteiger partial charge in [-0.15, -0.1) is 11.6 Å². The third-order valence-electron chi connectivity index (χ3n) is 4.45. The topological polar surface area (TPSA) is 9.23 Å². The largest absolute Gasteiger partial charge is 0.373 e. The highest BCUT2D eigenvalue weighted by atomic mass is 35.5. The Bertz CT molecular complexity index is 435. The van der Waals surface area contributed by atoms with E-state index in [1.807, 2.05) is 0 Å². The SMILES string of the molecule is CC1(C(Cl)c2ccc3c(c2)CCCC3)CCCO1. The molecule has 1 aliphatic heterocycles. The summed E-state index contributed by atoms with van der Waals surface area (Å²) in [5.41, 5.74) is 4.09. The first kappa shape index (κ1) is 12.5. The van der Waals surface area contributed by atoms with Gasteiger partial charge in [-0.3, -0.25) is 0 Å². The first-order valence-corrected chi connectivity index (χ1v) is 7.52. The highest BCUT2D eigenvalue weighted by Crippen LogP contribution is 2.42. The summed E-state index contributed by atoms with van der Waals surface area (Å²) in [6, 6.07) is 6.80. The van der Waals surface area contributed by atoms with Crippen molar-refractivity contribution in [3.8, 4) is 0 Å². The normalized spacial score (nSPS) is 29.0. The Morgan fingerprint density at radius 3 is 2.67 bits per heavy atom. The Morgan fingerprint density at radius 1 is 1.17 bits per heavy atom. The van der Waals surface area contributed by atoms with Gasteiger partial charge in [0.05, 0.1) is 11.0 Å². The van der Waals surface area contributed by atoms with Crippen molar-refractivity contribution in [1.82, 2.24) is 0 Å². The lowest BCUT2D eigenvalue weighted by molar-refractivity contribution is 0.0164. The van der Waals surface area contributed by atoms with Gasteiger partial charge in [-0.25, -0.2) is 0 Å². The number of alkyl halides is 1. The fourth-order valence-electron chi connectivity index (χ4n) is 3.26. The summed E-state index contributed by atoms with van der Waals surface area (Å²) in [7, 11) is 0. The molecule has 0 amide bonds. The standard InChI is InChI=1S/C16H21ClO/c1-16(9-4-10-18-16)15(17)14-8-7-12-5-2-3-6-13(12)11-14/h7-8,11,15H,2-6,9-10H2,1H3. The van der Waals surface area contributed by atoms with Crippen LogP contribution in [0, 0.1) is 0 Å². The van der Waals surface area contributed by atoms with Crippen molar-refractivity contribution < 1.29 is 4.74 Å². The van der Waals surface area contributed by atoms with E-state index in [0.717, 1.165) is 19.4 Å². The average molecular weight is 265 g/mol. The zero-order valence-electron chi connectivity index (χ0n) is 11.0. The van der Waals surface area contributed by atoms with Gasteiger partial charge in [0, 0.05) is 6.61 Å². The molecule has 18 heavy (non-hydrogen) atoms. The fraction of sp³-hybridized carbons (Fsp3) is 0.625. The van der Waals surface area contributed by atoms with Gasteiger partial charge >= 0.3 is 0 Å². The number of benzene rings is 1. The summed E-state index contributed by atoms with van der Waals surface area (Å²) < 4.78 is 5.87. The second-order valence-corrected chi connectivity index (χ2v) is 6.30. The molecule has 2 heteroatoms. The van der Waals surface area contributed by atoms with Crippen molar-refractivity contribution in [2.75, 3.05) is 6.61 Å².